The molecule has 12 heavy (non-hydrogen) atoms. The van der Waals surface area contributed by atoms with E-state index in [0.717, 1.165) is 18.4 Å². The maximum atomic E-state index is 11.6. The van der Waals surface area contributed by atoms with Crippen LogP contribution in [0.4, 0.5) is 0 Å². The van der Waals surface area contributed by atoms with Crippen LogP contribution in [0.5, 0.6) is 0 Å². The zero-order chi connectivity index (χ0) is 8.55. The average Bonchev–Trinajstić information content (AvgIpc) is 2.44. The Kier molecular flexibility index (Phi) is 1.72. The van der Waals surface area contributed by atoms with E-state index in [2.05, 4.69) is 13.0 Å². The predicted molar refractivity (Wildman–Crippen MR) is 48.3 cm³/mol. The summed E-state index contributed by atoms with van der Waals surface area (Å²) in [6.07, 6.45) is 1.92. The second-order valence-corrected chi connectivity index (χ2v) is 3.33. The van der Waals surface area contributed by atoms with Gasteiger partial charge < -0.3 is 0 Å². The third-order valence-corrected chi connectivity index (χ3v) is 2.61. The number of carbonyl (C=O) groups excluding carboxylic acids is 1. The third-order valence-electron chi connectivity index (χ3n) is 2.61. The van der Waals surface area contributed by atoms with E-state index in [1.54, 1.807) is 0 Å². The lowest BCUT2D eigenvalue weighted by Gasteiger charge is -2.00. The largest absolute Gasteiger partial charge is 0.294 e. The van der Waals surface area contributed by atoms with E-state index in [9.17, 15) is 4.79 Å². The van der Waals surface area contributed by atoms with Crippen molar-refractivity contribution >= 4 is 5.78 Å². The summed E-state index contributed by atoms with van der Waals surface area (Å²) in [7, 11) is 0. The quantitative estimate of drug-likeness (QED) is 0.616. The Balaban J connectivity index is 2.42. The minimum atomic E-state index is 0.252. The standard InChI is InChI=1S/C11H12O/c1-2-8-7-9-5-3-4-6-10(9)11(8)12/h3-6,8H,2,7H2,1H3. The fraction of sp³-hybridized carbons (Fsp3) is 0.364. The van der Waals surface area contributed by atoms with E-state index in [0.29, 0.717) is 5.78 Å². The fourth-order valence-corrected chi connectivity index (χ4v) is 1.85. The molecule has 0 amide bonds. The van der Waals surface area contributed by atoms with Crippen molar-refractivity contribution in [1.29, 1.82) is 0 Å². The SMILES string of the molecule is CCC1Cc2ccccc2C1=O. The van der Waals surface area contributed by atoms with Gasteiger partial charge in [0.25, 0.3) is 0 Å². The molecule has 0 fully saturated rings. The predicted octanol–water partition coefficient (Wildman–Crippen LogP) is 2.45. The Morgan fingerprint density at radius 3 is 2.83 bits per heavy atom. The van der Waals surface area contributed by atoms with Crippen LogP contribution in [0.1, 0.15) is 29.3 Å². The van der Waals surface area contributed by atoms with Gasteiger partial charge in [0.2, 0.25) is 0 Å². The van der Waals surface area contributed by atoms with Gasteiger partial charge in [0, 0.05) is 11.5 Å². The number of Topliss-reactive ketones (excluding diaryl/α,β-unsaturated/α-hetero) is 1. The molecule has 1 aromatic rings. The number of hydrogen-bond acceptors (Lipinski definition) is 1. The van der Waals surface area contributed by atoms with Crippen LogP contribution in [-0.2, 0) is 6.42 Å². The number of hydrogen-bond donors (Lipinski definition) is 0. The summed E-state index contributed by atoms with van der Waals surface area (Å²) in [5, 5.41) is 0. The molecular weight excluding hydrogens is 148 g/mol. The number of rotatable bonds is 1. The van der Waals surface area contributed by atoms with Crippen molar-refractivity contribution in [3.63, 3.8) is 0 Å². The van der Waals surface area contributed by atoms with Gasteiger partial charge in [-0.05, 0) is 18.4 Å². The van der Waals surface area contributed by atoms with Gasteiger partial charge in [-0.2, -0.15) is 0 Å². The molecule has 0 spiro atoms. The van der Waals surface area contributed by atoms with Gasteiger partial charge in [-0.15, -0.1) is 0 Å². The van der Waals surface area contributed by atoms with Crippen molar-refractivity contribution in [2.45, 2.75) is 19.8 Å². The average molecular weight is 160 g/mol. The van der Waals surface area contributed by atoms with Crippen molar-refractivity contribution in [2.75, 3.05) is 0 Å². The number of benzene rings is 1. The van der Waals surface area contributed by atoms with E-state index in [-0.39, 0.29) is 5.92 Å². The van der Waals surface area contributed by atoms with Crippen molar-refractivity contribution in [3.05, 3.63) is 35.4 Å². The molecule has 62 valence electrons. The highest BCUT2D eigenvalue weighted by molar-refractivity contribution is 6.02. The summed E-state index contributed by atoms with van der Waals surface area (Å²) < 4.78 is 0. The molecule has 1 aliphatic rings. The monoisotopic (exact) mass is 160 g/mol. The summed E-state index contributed by atoms with van der Waals surface area (Å²) in [6.45, 7) is 2.08. The first-order chi connectivity index (χ1) is 5.83. The zero-order valence-electron chi connectivity index (χ0n) is 7.21. The lowest BCUT2D eigenvalue weighted by molar-refractivity contribution is 0.0934. The number of carbonyl (C=O) groups is 1. The molecule has 1 heteroatoms. The van der Waals surface area contributed by atoms with Crippen LogP contribution in [0.15, 0.2) is 24.3 Å². The van der Waals surface area contributed by atoms with Crippen LogP contribution < -0.4 is 0 Å². The van der Waals surface area contributed by atoms with Crippen LogP contribution in [0.3, 0.4) is 0 Å². The van der Waals surface area contributed by atoms with Crippen molar-refractivity contribution < 1.29 is 4.79 Å². The van der Waals surface area contributed by atoms with Crippen molar-refractivity contribution in [2.24, 2.45) is 5.92 Å². The summed E-state index contributed by atoms with van der Waals surface area (Å²) in [6, 6.07) is 7.94. The van der Waals surface area contributed by atoms with E-state index >= 15 is 0 Å². The van der Waals surface area contributed by atoms with Gasteiger partial charge in [0.1, 0.15) is 0 Å². The Bertz CT molecular complexity index is 315. The van der Waals surface area contributed by atoms with Crippen molar-refractivity contribution in [1.82, 2.24) is 0 Å². The Labute approximate surface area is 72.4 Å². The lowest BCUT2D eigenvalue weighted by atomic mass is 10.0. The first-order valence-corrected chi connectivity index (χ1v) is 4.45. The molecule has 1 unspecified atom stereocenters. The highest BCUT2D eigenvalue weighted by Gasteiger charge is 2.27. The van der Waals surface area contributed by atoms with Crippen LogP contribution in [0, 0.1) is 5.92 Å². The summed E-state index contributed by atoms with van der Waals surface area (Å²) >= 11 is 0. The summed E-state index contributed by atoms with van der Waals surface area (Å²) in [4.78, 5) is 11.6. The van der Waals surface area contributed by atoms with Gasteiger partial charge >= 0.3 is 0 Å². The zero-order valence-corrected chi connectivity index (χ0v) is 7.21. The van der Waals surface area contributed by atoms with Crippen LogP contribution >= 0.6 is 0 Å². The number of ketones is 1. The Hall–Kier alpha value is -1.11. The smallest absolute Gasteiger partial charge is 0.166 e. The second kappa shape index (κ2) is 2.74. The summed E-state index contributed by atoms with van der Waals surface area (Å²) in [5.41, 5.74) is 2.18. The molecule has 2 rings (SSSR count). The van der Waals surface area contributed by atoms with E-state index in [1.165, 1.54) is 5.56 Å². The van der Waals surface area contributed by atoms with Gasteiger partial charge in [0.05, 0.1) is 0 Å². The molecule has 0 bridgehead atoms. The first kappa shape index (κ1) is 7.53. The van der Waals surface area contributed by atoms with E-state index < -0.39 is 0 Å². The molecule has 0 saturated carbocycles. The molecule has 0 aliphatic heterocycles. The molecule has 0 heterocycles. The third kappa shape index (κ3) is 0.970. The molecule has 0 radical (unpaired) electrons. The number of fused-ring (bicyclic) bond motifs is 1. The van der Waals surface area contributed by atoms with E-state index in [4.69, 9.17) is 0 Å². The molecule has 1 atom stereocenters. The molecule has 0 saturated heterocycles. The fourth-order valence-electron chi connectivity index (χ4n) is 1.85. The van der Waals surface area contributed by atoms with Gasteiger partial charge in [-0.1, -0.05) is 31.2 Å². The molecule has 1 nitrogen and oxygen atoms in total. The van der Waals surface area contributed by atoms with Gasteiger partial charge in [-0.25, -0.2) is 0 Å². The topological polar surface area (TPSA) is 17.1 Å². The van der Waals surface area contributed by atoms with Crippen LogP contribution in [0.2, 0.25) is 0 Å². The normalized spacial score (nSPS) is 21.1. The summed E-state index contributed by atoms with van der Waals surface area (Å²) in [5.74, 6) is 0.593. The van der Waals surface area contributed by atoms with E-state index in [1.807, 2.05) is 18.2 Å². The first-order valence-electron chi connectivity index (χ1n) is 4.45. The van der Waals surface area contributed by atoms with Gasteiger partial charge in [-0.3, -0.25) is 4.79 Å². The Morgan fingerprint density at radius 2 is 2.17 bits per heavy atom. The highest BCUT2D eigenvalue weighted by atomic mass is 16.1. The molecule has 1 aliphatic carbocycles. The Morgan fingerprint density at radius 1 is 1.42 bits per heavy atom. The second-order valence-electron chi connectivity index (χ2n) is 3.33. The van der Waals surface area contributed by atoms with Crippen molar-refractivity contribution in [3.8, 4) is 0 Å². The minimum Gasteiger partial charge on any atom is -0.294 e. The molecule has 1 aromatic carbocycles. The minimum absolute atomic E-state index is 0.252. The maximum Gasteiger partial charge on any atom is 0.166 e. The van der Waals surface area contributed by atoms with Crippen LogP contribution in [0.25, 0.3) is 0 Å². The molecular formula is C11H12O. The lowest BCUT2D eigenvalue weighted by Crippen LogP contribution is -2.06. The molecule has 0 aromatic heterocycles. The van der Waals surface area contributed by atoms with Gasteiger partial charge in [0.15, 0.2) is 5.78 Å². The highest BCUT2D eigenvalue weighted by Crippen LogP contribution is 2.27. The molecule has 0 N–H and O–H groups in total. The maximum absolute atomic E-state index is 11.6. The van der Waals surface area contributed by atoms with Crippen LogP contribution in [-0.4, -0.2) is 5.78 Å².